The minimum absolute atomic E-state index is 0. The van der Waals surface area contributed by atoms with Gasteiger partial charge in [0.25, 0.3) is 0 Å². The number of nitrogens with zero attached hydrogens (tertiary/aromatic N) is 2. The minimum Gasteiger partial charge on any atom is -0.356 e. The molecule has 0 aromatic heterocycles. The van der Waals surface area contributed by atoms with Crippen LogP contribution in [0, 0.1) is 5.92 Å². The Morgan fingerprint density at radius 3 is 2.36 bits per heavy atom. The highest BCUT2D eigenvalue weighted by molar-refractivity contribution is 14.0. The number of benzene rings is 1. The van der Waals surface area contributed by atoms with Gasteiger partial charge in [0.05, 0.1) is 4.90 Å². The first-order valence-electron chi connectivity index (χ1n) is 8.46. The van der Waals surface area contributed by atoms with Gasteiger partial charge in [-0.3, -0.25) is 4.99 Å². The molecule has 0 saturated carbocycles. The van der Waals surface area contributed by atoms with Gasteiger partial charge in [-0.1, -0.05) is 18.2 Å². The molecule has 1 heterocycles. The predicted octanol–water partition coefficient (Wildman–Crippen LogP) is 2.28. The number of piperidine rings is 1. The van der Waals surface area contributed by atoms with E-state index in [0.29, 0.717) is 29.9 Å². The molecule has 0 unspecified atom stereocenters. The number of nitrogens with one attached hydrogen (secondary N) is 2. The van der Waals surface area contributed by atoms with E-state index in [1.54, 1.807) is 35.6 Å². The predicted molar refractivity (Wildman–Crippen MR) is 113 cm³/mol. The van der Waals surface area contributed by atoms with Crippen LogP contribution in [0.1, 0.15) is 26.7 Å². The Morgan fingerprint density at radius 1 is 1.24 bits per heavy atom. The number of sulfonamides is 1. The number of hydrogen-bond acceptors (Lipinski definition) is 3. The van der Waals surface area contributed by atoms with Crippen molar-refractivity contribution in [2.75, 3.05) is 26.7 Å². The van der Waals surface area contributed by atoms with Crippen LogP contribution in [0.2, 0.25) is 0 Å². The van der Waals surface area contributed by atoms with Gasteiger partial charge in [-0.15, -0.1) is 24.0 Å². The summed E-state index contributed by atoms with van der Waals surface area (Å²) in [6.07, 6.45) is 1.72. The van der Waals surface area contributed by atoms with Gasteiger partial charge < -0.3 is 10.6 Å². The number of rotatable bonds is 5. The molecule has 1 aromatic carbocycles. The van der Waals surface area contributed by atoms with Crippen LogP contribution in [-0.2, 0) is 10.0 Å². The van der Waals surface area contributed by atoms with Crippen molar-refractivity contribution >= 4 is 40.0 Å². The molecule has 0 spiro atoms. The Bertz CT molecular complexity index is 642. The maximum atomic E-state index is 12.6. The molecule has 25 heavy (non-hydrogen) atoms. The van der Waals surface area contributed by atoms with Gasteiger partial charge in [0.2, 0.25) is 10.0 Å². The summed E-state index contributed by atoms with van der Waals surface area (Å²) in [7, 11) is -1.60. The van der Waals surface area contributed by atoms with E-state index >= 15 is 0 Å². The Balaban J connectivity index is 0.00000312. The molecule has 0 atom stereocenters. The zero-order valence-electron chi connectivity index (χ0n) is 15.1. The van der Waals surface area contributed by atoms with E-state index in [1.807, 2.05) is 6.07 Å². The highest BCUT2D eigenvalue weighted by Crippen LogP contribution is 2.23. The van der Waals surface area contributed by atoms with E-state index < -0.39 is 10.0 Å². The molecule has 1 fully saturated rings. The van der Waals surface area contributed by atoms with E-state index in [9.17, 15) is 8.42 Å². The molecular formula is C17H29IN4O2S. The lowest BCUT2D eigenvalue weighted by Gasteiger charge is -2.31. The highest BCUT2D eigenvalue weighted by Gasteiger charge is 2.29. The molecular weight excluding hydrogens is 451 g/mol. The zero-order chi connectivity index (χ0) is 17.6. The standard InChI is InChI=1S/C17H28N4O2S.HI/c1-14(2)20-17(18-3)19-13-15-9-11-21(12-10-15)24(22,23)16-7-5-4-6-8-16;/h4-8,14-15H,9-13H2,1-3H3,(H2,18,19,20);1H. The van der Waals surface area contributed by atoms with Gasteiger partial charge in [0.15, 0.2) is 5.96 Å². The minimum atomic E-state index is -3.36. The van der Waals surface area contributed by atoms with Crippen LogP contribution in [0.15, 0.2) is 40.2 Å². The van der Waals surface area contributed by atoms with Crippen molar-refractivity contribution in [3.05, 3.63) is 30.3 Å². The van der Waals surface area contributed by atoms with Gasteiger partial charge in [-0.05, 0) is 44.7 Å². The molecule has 2 rings (SSSR count). The average Bonchev–Trinajstić information content (AvgIpc) is 2.59. The first-order valence-corrected chi connectivity index (χ1v) is 9.90. The van der Waals surface area contributed by atoms with Gasteiger partial charge in [0, 0.05) is 32.7 Å². The Morgan fingerprint density at radius 2 is 1.84 bits per heavy atom. The SMILES string of the molecule is CN=C(NCC1CCN(S(=O)(=O)c2ccccc2)CC1)NC(C)C.I. The fraction of sp³-hybridized carbons (Fsp3) is 0.588. The lowest BCUT2D eigenvalue weighted by molar-refractivity contribution is 0.273. The largest absolute Gasteiger partial charge is 0.356 e. The molecule has 0 aliphatic carbocycles. The third-order valence-electron chi connectivity index (χ3n) is 4.16. The van der Waals surface area contributed by atoms with Crippen LogP contribution in [0.25, 0.3) is 0 Å². The van der Waals surface area contributed by atoms with E-state index in [1.165, 1.54) is 0 Å². The molecule has 1 aliphatic heterocycles. The van der Waals surface area contributed by atoms with E-state index in [2.05, 4.69) is 29.5 Å². The maximum absolute atomic E-state index is 12.6. The van der Waals surface area contributed by atoms with Crippen molar-refractivity contribution in [1.29, 1.82) is 0 Å². The van der Waals surface area contributed by atoms with E-state index in [0.717, 1.165) is 25.3 Å². The molecule has 2 N–H and O–H groups in total. The normalized spacial score (nSPS) is 17.2. The number of halogens is 1. The summed E-state index contributed by atoms with van der Waals surface area (Å²) in [6.45, 7) is 6.09. The first kappa shape index (κ1) is 22.2. The summed E-state index contributed by atoms with van der Waals surface area (Å²) in [5.74, 6) is 1.25. The van der Waals surface area contributed by atoms with Crippen LogP contribution in [0.4, 0.5) is 0 Å². The molecule has 0 bridgehead atoms. The number of guanidine groups is 1. The maximum Gasteiger partial charge on any atom is 0.243 e. The fourth-order valence-corrected chi connectivity index (χ4v) is 4.30. The zero-order valence-corrected chi connectivity index (χ0v) is 18.3. The molecule has 1 saturated heterocycles. The summed E-state index contributed by atoms with van der Waals surface area (Å²) < 4.78 is 26.8. The van der Waals surface area contributed by atoms with Crippen molar-refractivity contribution in [2.24, 2.45) is 10.9 Å². The second-order valence-corrected chi connectivity index (χ2v) is 8.35. The fourth-order valence-electron chi connectivity index (χ4n) is 2.80. The Kier molecular flexibility index (Phi) is 9.15. The Hall–Kier alpha value is -0.870. The van der Waals surface area contributed by atoms with Crippen LogP contribution >= 0.6 is 24.0 Å². The quantitative estimate of drug-likeness (QED) is 0.386. The van der Waals surface area contributed by atoms with Crippen LogP contribution in [0.5, 0.6) is 0 Å². The summed E-state index contributed by atoms with van der Waals surface area (Å²) in [5, 5.41) is 6.58. The molecule has 1 aliphatic rings. The van der Waals surface area contributed by atoms with E-state index in [4.69, 9.17) is 0 Å². The van der Waals surface area contributed by atoms with Crippen LogP contribution in [-0.4, -0.2) is 51.4 Å². The molecule has 0 amide bonds. The van der Waals surface area contributed by atoms with Crippen molar-refractivity contribution in [3.63, 3.8) is 0 Å². The highest BCUT2D eigenvalue weighted by atomic mass is 127. The van der Waals surface area contributed by atoms with Gasteiger partial charge >= 0.3 is 0 Å². The Labute approximate surface area is 168 Å². The molecule has 1 aromatic rings. The molecule has 8 heteroatoms. The number of aliphatic imine (C=N–C) groups is 1. The van der Waals surface area contributed by atoms with Gasteiger partial charge in [-0.25, -0.2) is 8.42 Å². The van der Waals surface area contributed by atoms with Gasteiger partial charge in [0.1, 0.15) is 0 Å². The lowest BCUT2D eigenvalue weighted by Crippen LogP contribution is -2.45. The third-order valence-corrected chi connectivity index (χ3v) is 6.07. The lowest BCUT2D eigenvalue weighted by atomic mass is 9.98. The smallest absolute Gasteiger partial charge is 0.243 e. The average molecular weight is 480 g/mol. The van der Waals surface area contributed by atoms with Crippen molar-refractivity contribution < 1.29 is 8.42 Å². The van der Waals surface area contributed by atoms with Crippen LogP contribution < -0.4 is 10.6 Å². The summed E-state index contributed by atoms with van der Waals surface area (Å²) in [6, 6.07) is 8.99. The summed E-state index contributed by atoms with van der Waals surface area (Å²) in [5.41, 5.74) is 0. The second kappa shape index (κ2) is 10.3. The number of hydrogen-bond donors (Lipinski definition) is 2. The van der Waals surface area contributed by atoms with Gasteiger partial charge in [-0.2, -0.15) is 4.31 Å². The van der Waals surface area contributed by atoms with Crippen molar-refractivity contribution in [1.82, 2.24) is 14.9 Å². The molecule has 0 radical (unpaired) electrons. The van der Waals surface area contributed by atoms with Crippen molar-refractivity contribution in [3.8, 4) is 0 Å². The monoisotopic (exact) mass is 480 g/mol. The topological polar surface area (TPSA) is 73.8 Å². The first-order chi connectivity index (χ1) is 11.4. The van der Waals surface area contributed by atoms with Crippen LogP contribution in [0.3, 0.4) is 0 Å². The van der Waals surface area contributed by atoms with E-state index in [-0.39, 0.29) is 24.0 Å². The molecule has 6 nitrogen and oxygen atoms in total. The van der Waals surface area contributed by atoms with Crippen molar-refractivity contribution in [2.45, 2.75) is 37.6 Å². The summed E-state index contributed by atoms with van der Waals surface area (Å²) in [4.78, 5) is 4.57. The molecule has 142 valence electrons. The third kappa shape index (κ3) is 6.41. The second-order valence-electron chi connectivity index (χ2n) is 6.41. The summed E-state index contributed by atoms with van der Waals surface area (Å²) >= 11 is 0.